The number of fused-ring (bicyclic) bond motifs is 2. The van der Waals surface area contributed by atoms with Crippen LogP contribution in [0.25, 0.3) is 16.7 Å². The van der Waals surface area contributed by atoms with Gasteiger partial charge in [-0.3, -0.25) is 14.6 Å². The number of carboxylic acid groups (broad SMARTS) is 1. The Kier molecular flexibility index (Phi) is 4.12. The number of carboxylic acids is 1. The third kappa shape index (κ3) is 2.83. The van der Waals surface area contributed by atoms with Gasteiger partial charge in [-0.25, -0.2) is 9.78 Å². The molecule has 4 rings (SSSR count). The van der Waals surface area contributed by atoms with E-state index in [-0.39, 0.29) is 22.0 Å². The monoisotopic (exact) mass is 380 g/mol. The summed E-state index contributed by atoms with van der Waals surface area (Å²) in [6.07, 6.45) is 2.24. The number of aromatic nitrogens is 3. The van der Waals surface area contributed by atoms with Crippen LogP contribution in [0.2, 0.25) is 0 Å². The number of pyridine rings is 2. The third-order valence-electron chi connectivity index (χ3n) is 4.53. The molecule has 0 unspecified atom stereocenters. The van der Waals surface area contributed by atoms with Gasteiger partial charge >= 0.3 is 5.97 Å². The van der Waals surface area contributed by atoms with E-state index in [1.807, 2.05) is 30.5 Å². The number of aromatic carboxylic acids is 1. The first kappa shape index (κ1) is 17.2. The van der Waals surface area contributed by atoms with Gasteiger partial charge in [-0.2, -0.15) is 0 Å². The van der Waals surface area contributed by atoms with E-state index in [0.717, 1.165) is 10.4 Å². The summed E-state index contributed by atoms with van der Waals surface area (Å²) in [5.41, 5.74) is 0.959. The number of hydrogen-bond donors (Lipinski definition) is 2. The fraction of sp³-hybridized carbons (Fsp3) is 0.158. The normalized spacial score (nSPS) is 11.3. The second-order valence-electron chi connectivity index (χ2n) is 6.23. The fourth-order valence-corrected chi connectivity index (χ4v) is 3.85. The zero-order valence-electron chi connectivity index (χ0n) is 14.5. The van der Waals surface area contributed by atoms with Gasteiger partial charge in [-0.15, -0.1) is 11.3 Å². The summed E-state index contributed by atoms with van der Waals surface area (Å²) in [5.74, 6) is -1.24. The van der Waals surface area contributed by atoms with Crippen LogP contribution >= 0.6 is 11.3 Å². The molecule has 0 aliphatic carbocycles. The van der Waals surface area contributed by atoms with E-state index in [1.165, 1.54) is 15.0 Å². The molecular formula is C19H16N4O3S. The zero-order valence-corrected chi connectivity index (χ0v) is 15.3. The van der Waals surface area contributed by atoms with Crippen molar-refractivity contribution in [1.82, 2.24) is 14.0 Å². The molecule has 0 bridgehead atoms. The topological polar surface area (TPSA) is 100 Å². The van der Waals surface area contributed by atoms with Crippen molar-refractivity contribution in [3.05, 3.63) is 73.8 Å². The summed E-state index contributed by atoms with van der Waals surface area (Å²) >= 11 is 1.59. The van der Waals surface area contributed by atoms with E-state index in [0.29, 0.717) is 24.3 Å². The highest BCUT2D eigenvalue weighted by molar-refractivity contribution is 7.09. The molecular weight excluding hydrogens is 364 g/mol. The maximum atomic E-state index is 13.0. The van der Waals surface area contributed by atoms with E-state index >= 15 is 0 Å². The maximum absolute atomic E-state index is 13.0. The molecule has 0 amide bonds. The van der Waals surface area contributed by atoms with Crippen molar-refractivity contribution in [3.63, 3.8) is 0 Å². The lowest BCUT2D eigenvalue weighted by atomic mass is 10.2. The summed E-state index contributed by atoms with van der Waals surface area (Å²) in [4.78, 5) is 30.3. The molecule has 2 N–H and O–H groups in total. The van der Waals surface area contributed by atoms with Crippen molar-refractivity contribution in [2.45, 2.75) is 19.9 Å². The molecule has 0 aliphatic heterocycles. The van der Waals surface area contributed by atoms with Crippen LogP contribution < -0.4 is 11.0 Å². The first-order valence-electron chi connectivity index (χ1n) is 8.33. The molecule has 8 heteroatoms. The lowest BCUT2D eigenvalue weighted by Crippen LogP contribution is -2.30. The second kappa shape index (κ2) is 6.48. The van der Waals surface area contributed by atoms with Crippen molar-refractivity contribution >= 4 is 34.0 Å². The first-order chi connectivity index (χ1) is 13.0. The number of rotatable bonds is 4. The van der Waals surface area contributed by atoms with Crippen LogP contribution in [-0.2, 0) is 13.0 Å². The van der Waals surface area contributed by atoms with Crippen molar-refractivity contribution < 1.29 is 9.90 Å². The minimum absolute atomic E-state index is 0.156. The quantitative estimate of drug-likeness (QED) is 0.531. The molecule has 136 valence electrons. The largest absolute Gasteiger partial charge is 0.478 e. The number of hydrogen-bond acceptors (Lipinski definition) is 5. The Morgan fingerprint density at radius 1 is 1.30 bits per heavy atom. The number of thiophene rings is 1. The molecule has 0 aliphatic rings. The van der Waals surface area contributed by atoms with Gasteiger partial charge in [0.1, 0.15) is 22.3 Å². The molecule has 27 heavy (non-hydrogen) atoms. The SMILES string of the molecule is Cc1cccn2c(=O)c3cc(C(=O)O)c(=N)n(CCc4cccs4)c3nc12. The van der Waals surface area contributed by atoms with E-state index in [1.54, 1.807) is 23.6 Å². The van der Waals surface area contributed by atoms with Crippen molar-refractivity contribution in [2.24, 2.45) is 0 Å². The van der Waals surface area contributed by atoms with E-state index < -0.39 is 5.97 Å². The summed E-state index contributed by atoms with van der Waals surface area (Å²) in [6, 6.07) is 8.79. The molecule has 4 aromatic rings. The molecule has 0 saturated heterocycles. The second-order valence-corrected chi connectivity index (χ2v) is 7.26. The smallest absolute Gasteiger partial charge is 0.339 e. The predicted molar refractivity (Wildman–Crippen MR) is 103 cm³/mol. The highest BCUT2D eigenvalue weighted by Gasteiger charge is 2.17. The highest BCUT2D eigenvalue weighted by Crippen LogP contribution is 2.15. The first-order valence-corrected chi connectivity index (χ1v) is 9.21. The maximum Gasteiger partial charge on any atom is 0.339 e. The number of nitrogens with one attached hydrogen (secondary N) is 1. The molecule has 0 saturated carbocycles. The molecule has 0 atom stereocenters. The van der Waals surface area contributed by atoms with Gasteiger partial charge in [0.15, 0.2) is 0 Å². The molecule has 0 spiro atoms. The fourth-order valence-electron chi connectivity index (χ4n) is 3.15. The Labute approximate surface area is 157 Å². The predicted octanol–water partition coefficient (Wildman–Crippen LogP) is 2.44. The van der Waals surface area contributed by atoms with E-state index in [4.69, 9.17) is 5.41 Å². The van der Waals surface area contributed by atoms with Crippen molar-refractivity contribution in [2.75, 3.05) is 0 Å². The molecule has 4 aromatic heterocycles. The minimum atomic E-state index is -1.24. The van der Waals surface area contributed by atoms with Crippen LogP contribution in [-0.4, -0.2) is 25.0 Å². The standard InChI is InChI=1S/C19H16N4O3S/c1-11-4-2-7-23-16(11)21-17-14(18(23)24)10-13(19(25)26)15(20)22(17)8-6-12-5-3-9-27-12/h2-5,7,9-10,20H,6,8H2,1H3,(H,25,26). The van der Waals surface area contributed by atoms with Gasteiger partial charge in [0, 0.05) is 17.6 Å². The lowest BCUT2D eigenvalue weighted by molar-refractivity contribution is 0.0694. The van der Waals surface area contributed by atoms with Gasteiger partial charge in [0.25, 0.3) is 5.56 Å². The van der Waals surface area contributed by atoms with E-state index in [2.05, 4.69) is 4.98 Å². The van der Waals surface area contributed by atoms with Crippen molar-refractivity contribution in [3.8, 4) is 0 Å². The van der Waals surface area contributed by atoms with Crippen LogP contribution in [0.5, 0.6) is 0 Å². The van der Waals surface area contributed by atoms with Crippen molar-refractivity contribution in [1.29, 1.82) is 5.41 Å². The Morgan fingerprint density at radius 3 is 2.81 bits per heavy atom. The minimum Gasteiger partial charge on any atom is -0.478 e. The number of carbonyl (C=O) groups is 1. The molecule has 0 radical (unpaired) electrons. The van der Waals surface area contributed by atoms with Crippen LogP contribution in [0.15, 0.2) is 46.7 Å². The third-order valence-corrected chi connectivity index (χ3v) is 5.46. The van der Waals surface area contributed by atoms with Crippen LogP contribution in [0.1, 0.15) is 20.8 Å². The number of aryl methyl sites for hydroxylation is 3. The van der Waals surface area contributed by atoms with Crippen LogP contribution in [0.3, 0.4) is 0 Å². The van der Waals surface area contributed by atoms with Gasteiger partial charge in [0.05, 0.1) is 5.39 Å². The van der Waals surface area contributed by atoms with Gasteiger partial charge in [0.2, 0.25) is 0 Å². The molecule has 4 heterocycles. The zero-order chi connectivity index (χ0) is 19.1. The lowest BCUT2D eigenvalue weighted by Gasteiger charge is -2.13. The molecule has 7 nitrogen and oxygen atoms in total. The average Bonchev–Trinajstić information content (AvgIpc) is 3.15. The Bertz CT molecular complexity index is 1300. The Morgan fingerprint density at radius 2 is 2.11 bits per heavy atom. The molecule has 0 aromatic carbocycles. The Hall–Kier alpha value is -3.26. The van der Waals surface area contributed by atoms with Gasteiger partial charge < -0.3 is 9.67 Å². The van der Waals surface area contributed by atoms with E-state index in [9.17, 15) is 14.7 Å². The van der Waals surface area contributed by atoms with Gasteiger partial charge in [-0.05, 0) is 42.5 Å². The Balaban J connectivity index is 2.06. The summed E-state index contributed by atoms with van der Waals surface area (Å²) in [5, 5.41) is 20.0. The molecule has 0 fully saturated rings. The average molecular weight is 380 g/mol. The van der Waals surface area contributed by atoms with Crippen LogP contribution in [0, 0.1) is 12.3 Å². The summed E-state index contributed by atoms with van der Waals surface area (Å²) in [6.45, 7) is 2.22. The summed E-state index contributed by atoms with van der Waals surface area (Å²) < 4.78 is 2.93. The van der Waals surface area contributed by atoms with Crippen LogP contribution in [0.4, 0.5) is 0 Å². The highest BCUT2D eigenvalue weighted by atomic mass is 32.1. The summed E-state index contributed by atoms with van der Waals surface area (Å²) in [7, 11) is 0. The number of nitrogens with zero attached hydrogens (tertiary/aromatic N) is 3. The van der Waals surface area contributed by atoms with Gasteiger partial charge in [-0.1, -0.05) is 12.1 Å².